The van der Waals surface area contributed by atoms with E-state index in [2.05, 4.69) is 25.2 Å². The molecule has 0 amide bonds. The van der Waals surface area contributed by atoms with Gasteiger partial charge in [-0.3, -0.25) is 4.79 Å². The fraction of sp³-hybridized carbons (Fsp3) is 0.650. The average Bonchev–Trinajstić information content (AvgIpc) is 2.48. The van der Waals surface area contributed by atoms with Gasteiger partial charge in [0.25, 0.3) is 0 Å². The molecule has 0 saturated heterocycles. The molecule has 0 bridgehead atoms. The summed E-state index contributed by atoms with van der Waals surface area (Å²) in [5.41, 5.74) is 2.85. The Hall–Kier alpha value is -1.35. The second kappa shape index (κ2) is 7.04. The summed E-state index contributed by atoms with van der Waals surface area (Å²) < 4.78 is 5.79. The fourth-order valence-electron chi connectivity index (χ4n) is 3.23. The summed E-state index contributed by atoms with van der Waals surface area (Å²) in [5.74, 6) is -0.230. The summed E-state index contributed by atoms with van der Waals surface area (Å²) in [6.45, 7) is 9.71. The molecule has 3 heteroatoms. The van der Waals surface area contributed by atoms with E-state index in [4.69, 9.17) is 4.74 Å². The molecule has 3 atom stereocenters. The molecule has 0 heterocycles. The molecule has 2 aliphatic carbocycles. The lowest BCUT2D eigenvalue weighted by Gasteiger charge is -2.35. The highest BCUT2D eigenvalue weighted by Crippen LogP contribution is 2.34. The predicted octanol–water partition coefficient (Wildman–Crippen LogP) is 4.33. The lowest BCUT2D eigenvalue weighted by Crippen LogP contribution is -2.38. The number of carbonyl (C=O) groups excluding carboxylic acids is 1. The van der Waals surface area contributed by atoms with Gasteiger partial charge < -0.3 is 9.84 Å². The Morgan fingerprint density at radius 3 is 2.57 bits per heavy atom. The Balaban J connectivity index is 2.01. The van der Waals surface area contributed by atoms with Gasteiger partial charge in [-0.15, -0.1) is 0 Å². The summed E-state index contributed by atoms with van der Waals surface area (Å²) in [6, 6.07) is 0. The Bertz CT molecular complexity index is 546. The van der Waals surface area contributed by atoms with Gasteiger partial charge in [-0.1, -0.05) is 29.4 Å². The van der Waals surface area contributed by atoms with Crippen LogP contribution in [-0.2, 0) is 9.53 Å². The first-order valence-corrected chi connectivity index (χ1v) is 8.64. The molecular weight excluding hydrogens is 288 g/mol. The van der Waals surface area contributed by atoms with Crippen LogP contribution in [0.2, 0.25) is 0 Å². The van der Waals surface area contributed by atoms with Gasteiger partial charge in [-0.2, -0.15) is 0 Å². The Kier molecular flexibility index (Phi) is 5.51. The SMILES string of the molecule is CC1=CC=C(C(C)C(=O)OC2CC(C(C)(C)O)CC=C2C)CC1. The molecule has 0 fully saturated rings. The Morgan fingerprint density at radius 2 is 2.00 bits per heavy atom. The van der Waals surface area contributed by atoms with Crippen LogP contribution in [0, 0.1) is 11.8 Å². The van der Waals surface area contributed by atoms with Gasteiger partial charge in [0.1, 0.15) is 6.10 Å². The van der Waals surface area contributed by atoms with Crippen LogP contribution in [0.3, 0.4) is 0 Å². The van der Waals surface area contributed by atoms with Crippen molar-refractivity contribution in [3.8, 4) is 0 Å². The molecule has 0 aromatic carbocycles. The standard InChI is InChI=1S/C20H30O3/c1-13-6-9-16(10-7-13)15(3)19(21)23-18-12-17(20(4,5)22)11-8-14(18)2/h6,8-9,15,17-18,22H,7,10-12H2,1-5H3. The number of ether oxygens (including phenoxy) is 1. The van der Waals surface area contributed by atoms with E-state index < -0.39 is 5.60 Å². The molecular formula is C20H30O3. The van der Waals surface area contributed by atoms with Crippen LogP contribution in [0.4, 0.5) is 0 Å². The van der Waals surface area contributed by atoms with Gasteiger partial charge in [0.2, 0.25) is 0 Å². The summed E-state index contributed by atoms with van der Waals surface area (Å²) >= 11 is 0. The van der Waals surface area contributed by atoms with E-state index in [1.165, 1.54) is 5.57 Å². The van der Waals surface area contributed by atoms with E-state index in [-0.39, 0.29) is 23.9 Å². The van der Waals surface area contributed by atoms with E-state index in [0.29, 0.717) is 6.42 Å². The third kappa shape index (κ3) is 4.57. The molecule has 1 N–H and O–H groups in total. The second-order valence-electron chi connectivity index (χ2n) is 7.67. The number of hydrogen-bond acceptors (Lipinski definition) is 3. The lowest BCUT2D eigenvalue weighted by atomic mass is 9.78. The second-order valence-corrected chi connectivity index (χ2v) is 7.67. The summed E-state index contributed by atoms with van der Waals surface area (Å²) in [5, 5.41) is 10.2. The van der Waals surface area contributed by atoms with Crippen molar-refractivity contribution in [1.82, 2.24) is 0 Å². The molecule has 0 spiro atoms. The first-order chi connectivity index (χ1) is 10.7. The number of allylic oxidation sites excluding steroid dienone is 4. The fourth-order valence-corrected chi connectivity index (χ4v) is 3.23. The minimum absolute atomic E-state index is 0.124. The smallest absolute Gasteiger partial charge is 0.313 e. The van der Waals surface area contributed by atoms with Gasteiger partial charge >= 0.3 is 5.97 Å². The van der Waals surface area contributed by atoms with E-state index in [1.807, 2.05) is 27.7 Å². The van der Waals surface area contributed by atoms with Crippen molar-refractivity contribution in [3.05, 3.63) is 34.9 Å². The maximum Gasteiger partial charge on any atom is 0.313 e. The van der Waals surface area contributed by atoms with Crippen molar-refractivity contribution in [2.24, 2.45) is 11.8 Å². The van der Waals surface area contributed by atoms with Crippen LogP contribution in [0.25, 0.3) is 0 Å². The molecule has 3 nitrogen and oxygen atoms in total. The van der Waals surface area contributed by atoms with E-state index >= 15 is 0 Å². The van der Waals surface area contributed by atoms with Crippen LogP contribution in [0.5, 0.6) is 0 Å². The zero-order valence-corrected chi connectivity index (χ0v) is 15.1. The van der Waals surface area contributed by atoms with Crippen LogP contribution in [0.1, 0.15) is 60.3 Å². The van der Waals surface area contributed by atoms with Crippen LogP contribution < -0.4 is 0 Å². The zero-order valence-electron chi connectivity index (χ0n) is 15.1. The third-order valence-electron chi connectivity index (χ3n) is 5.29. The van der Waals surface area contributed by atoms with E-state index in [9.17, 15) is 9.90 Å². The van der Waals surface area contributed by atoms with Crippen molar-refractivity contribution in [2.75, 3.05) is 0 Å². The lowest BCUT2D eigenvalue weighted by molar-refractivity contribution is -0.152. The minimum Gasteiger partial charge on any atom is -0.457 e. The van der Waals surface area contributed by atoms with Crippen molar-refractivity contribution < 1.29 is 14.6 Å². The number of esters is 1. The molecule has 0 aromatic rings. The highest BCUT2D eigenvalue weighted by atomic mass is 16.5. The number of hydrogen-bond donors (Lipinski definition) is 1. The number of rotatable bonds is 4. The zero-order chi connectivity index (χ0) is 17.2. The topological polar surface area (TPSA) is 46.5 Å². The van der Waals surface area contributed by atoms with Gasteiger partial charge in [0.05, 0.1) is 11.5 Å². The quantitative estimate of drug-likeness (QED) is 0.620. The predicted molar refractivity (Wildman–Crippen MR) is 92.9 cm³/mol. The summed E-state index contributed by atoms with van der Waals surface area (Å²) in [4.78, 5) is 12.5. The van der Waals surface area contributed by atoms with Gasteiger partial charge in [-0.25, -0.2) is 0 Å². The highest BCUT2D eigenvalue weighted by Gasteiger charge is 2.34. The molecule has 0 saturated carbocycles. The largest absolute Gasteiger partial charge is 0.457 e. The molecule has 0 aromatic heterocycles. The van der Waals surface area contributed by atoms with Crippen molar-refractivity contribution >= 4 is 5.97 Å². The van der Waals surface area contributed by atoms with Crippen molar-refractivity contribution in [2.45, 2.75) is 72.0 Å². The molecule has 0 radical (unpaired) electrons. The highest BCUT2D eigenvalue weighted by molar-refractivity contribution is 5.76. The molecule has 2 rings (SSSR count). The van der Waals surface area contributed by atoms with Crippen LogP contribution >= 0.6 is 0 Å². The normalized spacial score (nSPS) is 26.8. The maximum absolute atomic E-state index is 12.5. The average molecular weight is 318 g/mol. The van der Waals surface area contributed by atoms with E-state index in [0.717, 1.165) is 30.4 Å². The van der Waals surface area contributed by atoms with Crippen LogP contribution in [-0.4, -0.2) is 22.8 Å². The molecule has 2 aliphatic rings. The summed E-state index contributed by atoms with van der Waals surface area (Å²) in [7, 11) is 0. The first kappa shape index (κ1) is 18.0. The van der Waals surface area contributed by atoms with Gasteiger partial charge in [-0.05, 0) is 71.8 Å². The maximum atomic E-state index is 12.5. The Labute approximate surface area is 140 Å². The van der Waals surface area contributed by atoms with E-state index in [1.54, 1.807) is 0 Å². The number of carbonyl (C=O) groups is 1. The number of aliphatic hydroxyl groups is 1. The van der Waals surface area contributed by atoms with Crippen molar-refractivity contribution in [3.63, 3.8) is 0 Å². The molecule has 0 aliphatic heterocycles. The van der Waals surface area contributed by atoms with Gasteiger partial charge in [0, 0.05) is 0 Å². The first-order valence-electron chi connectivity index (χ1n) is 8.64. The molecule has 3 unspecified atom stereocenters. The monoisotopic (exact) mass is 318 g/mol. The van der Waals surface area contributed by atoms with Crippen LogP contribution in [0.15, 0.2) is 34.9 Å². The minimum atomic E-state index is -0.748. The third-order valence-corrected chi connectivity index (χ3v) is 5.29. The van der Waals surface area contributed by atoms with Crippen molar-refractivity contribution in [1.29, 1.82) is 0 Å². The summed E-state index contributed by atoms with van der Waals surface area (Å²) in [6.07, 6.45) is 9.54. The Morgan fingerprint density at radius 1 is 1.30 bits per heavy atom. The molecule has 23 heavy (non-hydrogen) atoms. The van der Waals surface area contributed by atoms with Gasteiger partial charge in [0.15, 0.2) is 0 Å². The molecule has 128 valence electrons.